The van der Waals surface area contributed by atoms with E-state index in [2.05, 4.69) is 24.0 Å². The minimum atomic E-state index is -0.670. The van der Waals surface area contributed by atoms with Gasteiger partial charge in [-0.1, -0.05) is 33.7 Å². The van der Waals surface area contributed by atoms with Gasteiger partial charge in [-0.25, -0.2) is 14.4 Å². The number of ether oxygens (including phenoxy) is 1. The lowest BCUT2D eigenvalue weighted by molar-refractivity contribution is 0.0760. The lowest BCUT2D eigenvalue weighted by Gasteiger charge is -2.21. The fraction of sp³-hybridized carbons (Fsp3) is 0.208. The van der Waals surface area contributed by atoms with Gasteiger partial charge in [0, 0.05) is 37.3 Å². The van der Waals surface area contributed by atoms with Gasteiger partial charge in [0.25, 0.3) is 5.91 Å². The molecule has 2 heterocycles. The van der Waals surface area contributed by atoms with Crippen LogP contribution in [0.4, 0.5) is 10.2 Å². The largest absolute Gasteiger partial charge is 0.419 e. The van der Waals surface area contributed by atoms with Crippen LogP contribution in [0.1, 0.15) is 28.0 Å². The monoisotopic (exact) mass is 493 g/mol. The third kappa shape index (κ3) is 5.67. The van der Waals surface area contributed by atoms with Crippen LogP contribution in [0.15, 0.2) is 54.7 Å². The zero-order valence-corrected chi connectivity index (χ0v) is 20.0. The molecule has 1 amide bonds. The van der Waals surface area contributed by atoms with Gasteiger partial charge in [-0.3, -0.25) is 20.3 Å². The van der Waals surface area contributed by atoms with Crippen LogP contribution >= 0.6 is 9.39 Å². The van der Waals surface area contributed by atoms with Crippen molar-refractivity contribution in [1.29, 1.82) is 10.8 Å². The highest BCUT2D eigenvalue weighted by atomic mass is 31.0. The molecule has 0 saturated carbocycles. The first kappa shape index (κ1) is 24.4. The zero-order chi connectivity index (χ0) is 24.9. The Morgan fingerprint density at radius 2 is 1.83 bits per heavy atom. The summed E-state index contributed by atoms with van der Waals surface area (Å²) >= 11 is 0. The Labute approximate surface area is 204 Å². The van der Waals surface area contributed by atoms with E-state index in [1.807, 2.05) is 0 Å². The molecule has 1 saturated heterocycles. The Kier molecular flexibility index (Phi) is 7.43. The second-order valence-electron chi connectivity index (χ2n) is 7.99. The molecule has 0 aliphatic carbocycles. The normalized spacial score (nSPS) is 14.3. The molecule has 180 valence electrons. The number of nitrogens with two attached hydrogens (primary N) is 1. The quantitative estimate of drug-likeness (QED) is 0.291. The molecule has 9 nitrogen and oxygen atoms in total. The van der Waals surface area contributed by atoms with Crippen LogP contribution in [0.5, 0.6) is 0 Å². The predicted octanol–water partition coefficient (Wildman–Crippen LogP) is 3.17. The van der Waals surface area contributed by atoms with E-state index in [9.17, 15) is 9.18 Å². The van der Waals surface area contributed by atoms with Crippen molar-refractivity contribution in [3.63, 3.8) is 0 Å². The maximum absolute atomic E-state index is 15.0. The molecule has 35 heavy (non-hydrogen) atoms. The number of anilines is 1. The first-order valence-corrected chi connectivity index (χ1v) is 11.5. The number of aromatic nitrogens is 2. The average molecular weight is 493 g/mol. The van der Waals surface area contributed by atoms with E-state index < -0.39 is 11.7 Å². The van der Waals surface area contributed by atoms with Gasteiger partial charge in [-0.15, -0.1) is 0 Å². The summed E-state index contributed by atoms with van der Waals surface area (Å²) in [5, 5.41) is 16.3. The van der Waals surface area contributed by atoms with Gasteiger partial charge < -0.3 is 15.4 Å². The van der Waals surface area contributed by atoms with Crippen LogP contribution in [-0.2, 0) is 4.74 Å². The van der Waals surface area contributed by atoms with Crippen molar-refractivity contribution in [2.75, 3.05) is 31.9 Å². The molecule has 1 aromatic heterocycles. The Morgan fingerprint density at radius 3 is 2.57 bits per heavy atom. The van der Waals surface area contributed by atoms with Crippen LogP contribution in [0, 0.1) is 16.6 Å². The number of carbonyl (C=O) groups excluding carboxylic acids is 1. The Balaban J connectivity index is 1.54. The third-order valence-electron chi connectivity index (χ3n) is 5.57. The lowest BCUT2D eigenvalue weighted by Crippen LogP contribution is -2.34. The molecule has 1 unspecified atom stereocenters. The summed E-state index contributed by atoms with van der Waals surface area (Å²) in [6, 6.07) is 12.9. The van der Waals surface area contributed by atoms with Crippen molar-refractivity contribution in [2.24, 2.45) is 0 Å². The van der Waals surface area contributed by atoms with Crippen LogP contribution in [0.2, 0.25) is 0 Å². The lowest BCUT2D eigenvalue weighted by atomic mass is 10.1. The molecule has 0 radical (unpaired) electrons. The third-order valence-corrected chi connectivity index (χ3v) is 6.09. The molecule has 11 heteroatoms. The standard InChI is InChI=1S/C24H25FN7O2P/c25-18-13-16(7-8-17(18)24(33)31-9-4-10-32(35)12-11-31)19-14-29-21(26)20(30-19)23(28)34-22(27)15-5-2-1-3-6-15/h1-3,5-8,13-14,27-28H,4,9-12,35H2,(H2,26,29). The molecule has 2 aromatic carbocycles. The summed E-state index contributed by atoms with van der Waals surface area (Å²) < 4.78 is 22.4. The van der Waals surface area contributed by atoms with Crippen molar-refractivity contribution in [3.05, 3.63) is 77.4 Å². The van der Waals surface area contributed by atoms with Gasteiger partial charge in [-0.2, -0.15) is 0 Å². The van der Waals surface area contributed by atoms with Gasteiger partial charge in [0.1, 0.15) is 5.82 Å². The fourth-order valence-electron chi connectivity index (χ4n) is 3.66. The van der Waals surface area contributed by atoms with Crippen molar-refractivity contribution in [3.8, 4) is 11.3 Å². The minimum Gasteiger partial charge on any atom is -0.419 e. The van der Waals surface area contributed by atoms with E-state index in [0.717, 1.165) is 13.0 Å². The molecule has 0 spiro atoms. The molecule has 1 atom stereocenters. The SMILES string of the molecule is N=C(OC(=N)c1nc(-c2ccc(C(=O)N3CCCN(P)CC3)c(F)c2)cnc1N)c1ccccc1. The van der Waals surface area contributed by atoms with E-state index in [1.54, 1.807) is 41.3 Å². The Hall–Kier alpha value is -3.75. The van der Waals surface area contributed by atoms with Gasteiger partial charge in [0.2, 0.25) is 11.8 Å². The summed E-state index contributed by atoms with van der Waals surface area (Å²) in [5.74, 6) is -1.78. The van der Waals surface area contributed by atoms with E-state index >= 15 is 0 Å². The number of rotatable bonds is 4. The van der Waals surface area contributed by atoms with E-state index in [1.165, 1.54) is 18.3 Å². The number of amides is 1. The van der Waals surface area contributed by atoms with Gasteiger partial charge in [-0.05, 0) is 30.7 Å². The summed E-state index contributed by atoms with van der Waals surface area (Å²) in [7, 11) is 2.64. The highest BCUT2D eigenvalue weighted by molar-refractivity contribution is 7.13. The van der Waals surface area contributed by atoms with Gasteiger partial charge in [0.05, 0.1) is 17.5 Å². The van der Waals surface area contributed by atoms with Gasteiger partial charge >= 0.3 is 0 Å². The molecule has 3 aromatic rings. The highest BCUT2D eigenvalue weighted by Gasteiger charge is 2.22. The van der Waals surface area contributed by atoms with Crippen LogP contribution < -0.4 is 5.73 Å². The van der Waals surface area contributed by atoms with Crippen LogP contribution in [0.3, 0.4) is 0 Å². The number of hydrogen-bond acceptors (Lipinski definition) is 8. The summed E-state index contributed by atoms with van der Waals surface area (Å²) in [5.41, 5.74) is 6.90. The van der Waals surface area contributed by atoms with Crippen LogP contribution in [-0.4, -0.2) is 63.4 Å². The average Bonchev–Trinajstić information content (AvgIpc) is 3.08. The highest BCUT2D eigenvalue weighted by Crippen LogP contribution is 2.23. The van der Waals surface area contributed by atoms with E-state index in [4.69, 9.17) is 21.3 Å². The number of hydrogen-bond donors (Lipinski definition) is 3. The first-order valence-electron chi connectivity index (χ1n) is 11.0. The fourth-order valence-corrected chi connectivity index (χ4v) is 3.96. The molecule has 1 fully saturated rings. The van der Waals surface area contributed by atoms with Crippen molar-refractivity contribution in [1.82, 2.24) is 19.5 Å². The van der Waals surface area contributed by atoms with Crippen molar-refractivity contribution < 1.29 is 13.9 Å². The first-order chi connectivity index (χ1) is 16.8. The molecule has 1 aliphatic rings. The van der Waals surface area contributed by atoms with E-state index in [-0.39, 0.29) is 34.6 Å². The summed E-state index contributed by atoms with van der Waals surface area (Å²) in [6.45, 7) is 2.65. The minimum absolute atomic E-state index is 0.0121. The zero-order valence-electron chi connectivity index (χ0n) is 18.9. The predicted molar refractivity (Wildman–Crippen MR) is 135 cm³/mol. The van der Waals surface area contributed by atoms with Gasteiger partial charge in [0.15, 0.2) is 11.5 Å². The van der Waals surface area contributed by atoms with E-state index in [0.29, 0.717) is 30.8 Å². The molecule has 0 bridgehead atoms. The molecule has 4 rings (SSSR count). The summed E-state index contributed by atoms with van der Waals surface area (Å²) in [4.78, 5) is 22.9. The number of nitrogens with one attached hydrogen (secondary N) is 2. The Morgan fingerprint density at radius 1 is 1.06 bits per heavy atom. The maximum Gasteiger partial charge on any atom is 0.256 e. The number of carbonyl (C=O) groups is 1. The maximum atomic E-state index is 15.0. The van der Waals surface area contributed by atoms with Crippen molar-refractivity contribution in [2.45, 2.75) is 6.42 Å². The molecular weight excluding hydrogens is 468 g/mol. The number of nitrogens with zero attached hydrogens (tertiary/aromatic N) is 4. The topological polar surface area (TPSA) is 132 Å². The number of benzene rings is 2. The molecule has 4 N–H and O–H groups in total. The molecular formula is C24H25FN7O2P. The summed E-state index contributed by atoms with van der Waals surface area (Å²) in [6.07, 6.45) is 2.17. The van der Waals surface area contributed by atoms with Crippen LogP contribution in [0.25, 0.3) is 11.3 Å². The number of nitrogen functional groups attached to an aromatic ring is 1. The Bertz CT molecular complexity index is 1270. The smallest absolute Gasteiger partial charge is 0.256 e. The number of halogens is 1. The molecule has 1 aliphatic heterocycles. The second kappa shape index (κ2) is 10.7. The van der Waals surface area contributed by atoms with Crippen molar-refractivity contribution >= 4 is 32.9 Å². The second-order valence-corrected chi connectivity index (χ2v) is 8.72.